The van der Waals surface area contributed by atoms with Crippen molar-refractivity contribution in [2.24, 2.45) is 0 Å². The van der Waals surface area contributed by atoms with Crippen molar-refractivity contribution in [3.05, 3.63) is 119 Å². The lowest BCUT2D eigenvalue weighted by atomic mass is 10.0. The first-order chi connectivity index (χ1) is 15.1. The normalized spacial score (nSPS) is 15.0. The van der Waals surface area contributed by atoms with Gasteiger partial charge in [0.25, 0.3) is 0 Å². The van der Waals surface area contributed by atoms with Crippen LogP contribution in [-0.4, -0.2) is 15.5 Å². The Labute approximate surface area is 186 Å². The van der Waals surface area contributed by atoms with Crippen LogP contribution in [0.15, 0.2) is 91.1 Å². The van der Waals surface area contributed by atoms with Gasteiger partial charge in [-0.15, -0.1) is 0 Å². The molecule has 0 bridgehead atoms. The van der Waals surface area contributed by atoms with E-state index in [1.165, 1.54) is 0 Å². The summed E-state index contributed by atoms with van der Waals surface area (Å²) in [5.41, 5.74) is 6.15. The molecule has 0 radical (unpaired) electrons. The fourth-order valence-corrected chi connectivity index (χ4v) is 4.29. The Balaban J connectivity index is 1.62. The Bertz CT molecular complexity index is 1230. The van der Waals surface area contributed by atoms with Crippen LogP contribution in [0.4, 0.5) is 10.5 Å². The van der Waals surface area contributed by atoms with Gasteiger partial charge in [-0.1, -0.05) is 59.6 Å². The predicted octanol–water partition coefficient (Wildman–Crippen LogP) is 6.58. The van der Waals surface area contributed by atoms with Crippen molar-refractivity contribution in [2.45, 2.75) is 19.5 Å². The van der Waals surface area contributed by atoms with Crippen LogP contribution in [0.2, 0.25) is 5.02 Å². The second-order valence-corrected chi connectivity index (χ2v) is 8.25. The van der Waals surface area contributed by atoms with Crippen molar-refractivity contribution in [3.63, 3.8) is 0 Å². The van der Waals surface area contributed by atoms with Gasteiger partial charge in [0.2, 0.25) is 0 Å². The number of aryl methyl sites for hydroxylation is 1. The van der Waals surface area contributed by atoms with E-state index >= 15 is 0 Å². The second kappa shape index (κ2) is 7.97. The largest absolute Gasteiger partial charge is 0.322 e. The summed E-state index contributed by atoms with van der Waals surface area (Å²) in [7, 11) is 0. The van der Waals surface area contributed by atoms with Crippen molar-refractivity contribution in [3.8, 4) is 5.69 Å². The van der Waals surface area contributed by atoms with Gasteiger partial charge in [0.05, 0.1) is 18.3 Å². The highest BCUT2D eigenvalue weighted by Crippen LogP contribution is 2.37. The van der Waals surface area contributed by atoms with Gasteiger partial charge in [0.15, 0.2) is 0 Å². The number of aromatic nitrogens is 1. The number of carbonyl (C=O) groups is 1. The maximum absolute atomic E-state index is 13.6. The van der Waals surface area contributed by atoms with Crippen LogP contribution in [0.5, 0.6) is 0 Å². The van der Waals surface area contributed by atoms with Gasteiger partial charge in [-0.2, -0.15) is 0 Å². The highest BCUT2D eigenvalue weighted by atomic mass is 35.5. The third-order valence-corrected chi connectivity index (χ3v) is 5.97. The topological polar surface area (TPSA) is 37.3 Å². The lowest BCUT2D eigenvalue weighted by Gasteiger charge is -2.31. The van der Waals surface area contributed by atoms with Crippen molar-refractivity contribution in [2.75, 3.05) is 5.32 Å². The molecule has 1 aromatic heterocycles. The summed E-state index contributed by atoms with van der Waals surface area (Å²) in [6.45, 7) is 2.52. The van der Waals surface area contributed by atoms with Crippen LogP contribution in [-0.2, 0) is 6.54 Å². The maximum atomic E-state index is 13.6. The van der Waals surface area contributed by atoms with Gasteiger partial charge < -0.3 is 14.8 Å². The molecule has 1 aliphatic heterocycles. The number of nitrogens with zero attached hydrogens (tertiary/aromatic N) is 2. The smallest absolute Gasteiger partial charge is 0.318 e. The van der Waals surface area contributed by atoms with E-state index in [-0.39, 0.29) is 12.1 Å². The number of hydrogen-bond acceptors (Lipinski definition) is 1. The summed E-state index contributed by atoms with van der Waals surface area (Å²) in [6, 6.07) is 27.5. The average Bonchev–Trinajstić information content (AvgIpc) is 3.20. The Morgan fingerprint density at radius 1 is 0.935 bits per heavy atom. The Kier molecular flexibility index (Phi) is 5.00. The van der Waals surface area contributed by atoms with Gasteiger partial charge in [-0.3, -0.25) is 0 Å². The highest BCUT2D eigenvalue weighted by molar-refractivity contribution is 6.30. The highest BCUT2D eigenvalue weighted by Gasteiger charge is 2.32. The molecule has 2 heterocycles. The molecule has 0 aliphatic carbocycles. The number of para-hydroxylation sites is 1. The number of carbonyl (C=O) groups excluding carboxylic acids is 1. The standard InChI is InChI=1S/C26H22ClN3O/c1-18-8-14-22(15-9-18)28-26(31)30-17-20-5-2-3-6-23(20)29-16-4-7-24(29)25(30)19-10-12-21(27)13-11-19/h2-16,25H,17H2,1H3,(H,28,31). The molecule has 31 heavy (non-hydrogen) atoms. The number of fused-ring (bicyclic) bond motifs is 3. The molecule has 1 unspecified atom stereocenters. The molecule has 0 fully saturated rings. The number of anilines is 1. The fourth-order valence-electron chi connectivity index (χ4n) is 4.17. The Morgan fingerprint density at radius 3 is 2.45 bits per heavy atom. The molecule has 4 nitrogen and oxygen atoms in total. The van der Waals surface area contributed by atoms with Crippen molar-refractivity contribution in [1.82, 2.24) is 9.47 Å². The van der Waals surface area contributed by atoms with Gasteiger partial charge in [0, 0.05) is 22.6 Å². The molecule has 154 valence electrons. The van der Waals surface area contributed by atoms with Crippen molar-refractivity contribution in [1.29, 1.82) is 0 Å². The van der Waals surface area contributed by atoms with Crippen LogP contribution >= 0.6 is 11.6 Å². The molecule has 5 rings (SSSR count). The zero-order valence-electron chi connectivity index (χ0n) is 17.1. The monoisotopic (exact) mass is 427 g/mol. The van der Waals surface area contributed by atoms with Gasteiger partial charge >= 0.3 is 6.03 Å². The second-order valence-electron chi connectivity index (χ2n) is 7.81. The van der Waals surface area contributed by atoms with E-state index in [1.807, 2.05) is 78.6 Å². The van der Waals surface area contributed by atoms with E-state index in [0.29, 0.717) is 11.6 Å². The van der Waals surface area contributed by atoms with E-state index in [2.05, 4.69) is 34.3 Å². The number of benzene rings is 3. The molecular weight excluding hydrogens is 406 g/mol. The van der Waals surface area contributed by atoms with Crippen LogP contribution in [0.3, 0.4) is 0 Å². The summed E-state index contributed by atoms with van der Waals surface area (Å²) in [4.78, 5) is 15.5. The van der Waals surface area contributed by atoms with Gasteiger partial charge in [-0.05, 0) is 60.5 Å². The number of urea groups is 1. The van der Waals surface area contributed by atoms with Crippen LogP contribution in [0.1, 0.15) is 28.4 Å². The summed E-state index contributed by atoms with van der Waals surface area (Å²) in [6.07, 6.45) is 2.05. The minimum atomic E-state index is -0.259. The number of rotatable bonds is 2. The fraction of sp³-hybridized carbons (Fsp3) is 0.115. The maximum Gasteiger partial charge on any atom is 0.322 e. The predicted molar refractivity (Wildman–Crippen MR) is 125 cm³/mol. The van der Waals surface area contributed by atoms with Crippen molar-refractivity contribution < 1.29 is 4.79 Å². The minimum Gasteiger partial charge on any atom is -0.318 e. The van der Waals surface area contributed by atoms with E-state index in [4.69, 9.17) is 11.6 Å². The molecule has 0 saturated heterocycles. The first kappa shape index (κ1) is 19.5. The Morgan fingerprint density at radius 2 is 1.68 bits per heavy atom. The summed E-state index contributed by atoms with van der Waals surface area (Å²) in [5, 5.41) is 3.76. The van der Waals surface area contributed by atoms with Gasteiger partial charge in [0.1, 0.15) is 0 Å². The molecule has 0 saturated carbocycles. The van der Waals surface area contributed by atoms with Gasteiger partial charge in [-0.25, -0.2) is 4.79 Å². The first-order valence-corrected chi connectivity index (χ1v) is 10.6. The minimum absolute atomic E-state index is 0.145. The molecule has 4 aromatic rings. The SMILES string of the molecule is Cc1ccc(NC(=O)N2Cc3ccccc3-n3cccc3C2c2ccc(Cl)cc2)cc1. The number of hydrogen-bond donors (Lipinski definition) is 1. The molecule has 3 aromatic carbocycles. The Hall–Kier alpha value is -3.50. The summed E-state index contributed by atoms with van der Waals surface area (Å²) < 4.78 is 2.17. The van der Waals surface area contributed by atoms with Crippen LogP contribution in [0.25, 0.3) is 5.69 Å². The van der Waals surface area contributed by atoms with Crippen LogP contribution in [0, 0.1) is 6.92 Å². The molecule has 1 atom stereocenters. The van der Waals surface area contributed by atoms with E-state index in [1.54, 1.807) is 0 Å². The first-order valence-electron chi connectivity index (χ1n) is 10.3. The average molecular weight is 428 g/mol. The third kappa shape index (κ3) is 3.71. The summed E-state index contributed by atoms with van der Waals surface area (Å²) in [5.74, 6) is 0. The number of halogens is 1. The summed E-state index contributed by atoms with van der Waals surface area (Å²) >= 11 is 6.16. The lowest BCUT2D eigenvalue weighted by molar-refractivity contribution is 0.194. The molecule has 1 N–H and O–H groups in total. The molecule has 5 heteroatoms. The number of amides is 2. The molecule has 1 aliphatic rings. The van der Waals surface area contributed by atoms with E-state index < -0.39 is 0 Å². The molecular formula is C26H22ClN3O. The lowest BCUT2D eigenvalue weighted by Crippen LogP contribution is -2.37. The zero-order valence-corrected chi connectivity index (χ0v) is 17.9. The zero-order chi connectivity index (χ0) is 21.4. The number of nitrogens with one attached hydrogen (secondary N) is 1. The molecule has 2 amide bonds. The van der Waals surface area contributed by atoms with E-state index in [0.717, 1.165) is 33.8 Å². The van der Waals surface area contributed by atoms with E-state index in [9.17, 15) is 4.79 Å². The quantitative estimate of drug-likeness (QED) is 0.385. The van der Waals surface area contributed by atoms with Crippen molar-refractivity contribution >= 4 is 23.3 Å². The van der Waals surface area contributed by atoms with Crippen LogP contribution < -0.4 is 5.32 Å². The third-order valence-electron chi connectivity index (χ3n) is 5.71. The molecule has 0 spiro atoms.